The first-order chi connectivity index (χ1) is 13.5. The highest BCUT2D eigenvalue weighted by Crippen LogP contribution is 2.68. The van der Waals surface area contributed by atoms with Gasteiger partial charge in [-0.3, -0.25) is 14.4 Å². The summed E-state index contributed by atoms with van der Waals surface area (Å²) in [5.41, 5.74) is -0.699. The fourth-order valence-corrected chi connectivity index (χ4v) is 8.49. The van der Waals surface area contributed by atoms with Crippen molar-refractivity contribution in [1.82, 2.24) is 0 Å². The third-order valence-electron chi connectivity index (χ3n) is 8.97. The van der Waals surface area contributed by atoms with Gasteiger partial charge in [0.1, 0.15) is 5.60 Å². The molecule has 0 aromatic heterocycles. The largest absolute Gasteiger partial charge is 0.458 e. The van der Waals surface area contributed by atoms with Gasteiger partial charge in [-0.1, -0.05) is 35.4 Å². The van der Waals surface area contributed by atoms with Gasteiger partial charge in [0.15, 0.2) is 12.4 Å². The molecule has 0 bridgehead atoms. The number of aliphatic hydroxyl groups is 1. The summed E-state index contributed by atoms with van der Waals surface area (Å²) >= 11 is 3.63. The lowest BCUT2D eigenvalue weighted by molar-refractivity contribution is -0.168. The molecule has 29 heavy (non-hydrogen) atoms. The molecule has 0 amide bonds. The van der Waals surface area contributed by atoms with E-state index in [1.165, 1.54) is 12.5 Å². The number of ether oxygens (including phenoxy) is 1. The number of hydrogen-bond donors (Lipinski definition) is 1. The molecule has 4 rings (SSSR count). The second kappa shape index (κ2) is 7.01. The van der Waals surface area contributed by atoms with Crippen molar-refractivity contribution in [2.24, 2.45) is 28.6 Å². The van der Waals surface area contributed by atoms with Crippen LogP contribution in [0, 0.1) is 28.6 Å². The maximum atomic E-state index is 13.0. The SMILES string of the molecule is CC(=O)OCC(=O)[C@@]1(O)[C@@H](Br)C[C@H]2[C@@H]3CCC4=CC(=O)CC[C@]4(C)[C@H]3CC[C@@]21C. The summed E-state index contributed by atoms with van der Waals surface area (Å²) in [5, 5.41) is 11.7. The molecule has 0 spiro atoms. The summed E-state index contributed by atoms with van der Waals surface area (Å²) in [6, 6.07) is 0. The van der Waals surface area contributed by atoms with Crippen LogP contribution >= 0.6 is 15.9 Å². The fraction of sp³-hybridized carbons (Fsp3) is 0.783. The molecule has 0 unspecified atom stereocenters. The van der Waals surface area contributed by atoms with Crippen LogP contribution in [0.3, 0.4) is 0 Å². The van der Waals surface area contributed by atoms with E-state index in [-0.39, 0.29) is 28.6 Å². The summed E-state index contributed by atoms with van der Waals surface area (Å²) in [6.07, 6.45) is 7.83. The van der Waals surface area contributed by atoms with E-state index in [4.69, 9.17) is 4.74 Å². The van der Waals surface area contributed by atoms with Crippen LogP contribution in [0.15, 0.2) is 11.6 Å². The first-order valence-corrected chi connectivity index (χ1v) is 11.7. The monoisotopic (exact) mass is 466 g/mol. The number of carbonyl (C=O) groups is 3. The van der Waals surface area contributed by atoms with E-state index in [9.17, 15) is 19.5 Å². The molecule has 0 saturated heterocycles. The lowest BCUT2D eigenvalue weighted by atomic mass is 9.46. The predicted molar refractivity (Wildman–Crippen MR) is 111 cm³/mol. The highest BCUT2D eigenvalue weighted by Gasteiger charge is 2.69. The van der Waals surface area contributed by atoms with Gasteiger partial charge in [-0.25, -0.2) is 0 Å². The lowest BCUT2D eigenvalue weighted by Gasteiger charge is -2.58. The number of Topliss-reactive ketones (excluding diaryl/α,β-unsaturated/α-hetero) is 1. The van der Waals surface area contributed by atoms with Crippen LogP contribution in [-0.2, 0) is 19.1 Å². The van der Waals surface area contributed by atoms with Crippen LogP contribution in [0.2, 0.25) is 0 Å². The van der Waals surface area contributed by atoms with Crippen LogP contribution < -0.4 is 0 Å². The molecule has 0 aromatic carbocycles. The standard InChI is InChI=1S/C23H31BrO5/c1-13(25)29-12-20(27)23(28)19(24)11-18-16-5-4-14-10-15(26)6-8-21(14,2)17(16)7-9-22(18,23)3/h10,16-19,28H,4-9,11-12H2,1-3H3/t16-,17+,18+,19+,21+,22+,23+/m1/s1. The van der Waals surface area contributed by atoms with Crippen molar-refractivity contribution in [3.8, 4) is 0 Å². The number of fused-ring (bicyclic) bond motifs is 5. The van der Waals surface area contributed by atoms with Crippen LogP contribution in [-0.4, -0.2) is 39.7 Å². The van der Waals surface area contributed by atoms with E-state index in [0.29, 0.717) is 18.3 Å². The topological polar surface area (TPSA) is 80.7 Å². The molecule has 1 N–H and O–H groups in total. The molecule has 5 nitrogen and oxygen atoms in total. The number of carbonyl (C=O) groups excluding carboxylic acids is 3. The number of rotatable bonds is 3. The summed E-state index contributed by atoms with van der Waals surface area (Å²) in [7, 11) is 0. The molecule has 0 aliphatic heterocycles. The first kappa shape index (κ1) is 21.2. The molecule has 4 aliphatic rings. The summed E-state index contributed by atoms with van der Waals surface area (Å²) in [6.45, 7) is 5.27. The zero-order chi connectivity index (χ0) is 21.2. The number of alkyl halides is 1. The van der Waals surface area contributed by atoms with Crippen molar-refractivity contribution in [1.29, 1.82) is 0 Å². The second-order valence-electron chi connectivity index (χ2n) is 10.1. The molecule has 0 heterocycles. The van der Waals surface area contributed by atoms with Crippen molar-refractivity contribution >= 4 is 33.5 Å². The zero-order valence-corrected chi connectivity index (χ0v) is 19.1. The molecule has 0 radical (unpaired) electrons. The predicted octanol–water partition coefficient (Wildman–Crippen LogP) is 3.76. The summed E-state index contributed by atoms with van der Waals surface area (Å²) in [5.74, 6) is 0.488. The Balaban J connectivity index is 1.64. The minimum Gasteiger partial charge on any atom is -0.458 e. The summed E-state index contributed by atoms with van der Waals surface area (Å²) < 4.78 is 4.95. The highest BCUT2D eigenvalue weighted by molar-refractivity contribution is 9.09. The Morgan fingerprint density at radius 2 is 1.93 bits per heavy atom. The van der Waals surface area contributed by atoms with Crippen LogP contribution in [0.25, 0.3) is 0 Å². The van der Waals surface area contributed by atoms with E-state index >= 15 is 0 Å². The van der Waals surface area contributed by atoms with Crippen molar-refractivity contribution in [3.05, 3.63) is 11.6 Å². The molecule has 4 aliphatic carbocycles. The Labute approximate surface area is 180 Å². The van der Waals surface area contributed by atoms with Gasteiger partial charge in [-0.15, -0.1) is 0 Å². The molecule has 0 aromatic rings. The molecule has 6 heteroatoms. The van der Waals surface area contributed by atoms with Gasteiger partial charge in [0.2, 0.25) is 5.78 Å². The van der Waals surface area contributed by atoms with Crippen molar-refractivity contribution in [2.45, 2.75) is 76.1 Å². The third-order valence-corrected chi connectivity index (χ3v) is 10.0. The zero-order valence-electron chi connectivity index (χ0n) is 17.5. The molecule has 7 atom stereocenters. The van der Waals surface area contributed by atoms with E-state index in [0.717, 1.165) is 38.5 Å². The number of ketones is 2. The van der Waals surface area contributed by atoms with Gasteiger partial charge in [-0.2, -0.15) is 0 Å². The maximum absolute atomic E-state index is 13.0. The molecule has 3 saturated carbocycles. The Bertz CT molecular complexity index is 790. The van der Waals surface area contributed by atoms with Gasteiger partial charge in [0, 0.05) is 18.8 Å². The van der Waals surface area contributed by atoms with Gasteiger partial charge >= 0.3 is 5.97 Å². The number of esters is 1. The molecular formula is C23H31BrO5. The average Bonchev–Trinajstić information content (AvgIpc) is 2.88. The summed E-state index contributed by atoms with van der Waals surface area (Å²) in [4.78, 5) is 35.9. The first-order valence-electron chi connectivity index (χ1n) is 10.8. The van der Waals surface area contributed by atoms with Crippen molar-refractivity contribution in [3.63, 3.8) is 0 Å². The van der Waals surface area contributed by atoms with Gasteiger partial charge in [0.05, 0.1) is 4.83 Å². The van der Waals surface area contributed by atoms with E-state index in [2.05, 4.69) is 29.8 Å². The van der Waals surface area contributed by atoms with E-state index < -0.39 is 22.8 Å². The Kier molecular flexibility index (Phi) is 5.13. The van der Waals surface area contributed by atoms with Crippen LogP contribution in [0.4, 0.5) is 0 Å². The van der Waals surface area contributed by atoms with E-state index in [1.807, 2.05) is 6.08 Å². The number of allylic oxidation sites excluding steroid dienone is 1. The van der Waals surface area contributed by atoms with Crippen LogP contribution in [0.5, 0.6) is 0 Å². The van der Waals surface area contributed by atoms with Crippen LogP contribution in [0.1, 0.15) is 65.7 Å². The number of halogens is 1. The van der Waals surface area contributed by atoms with Gasteiger partial charge < -0.3 is 9.84 Å². The lowest BCUT2D eigenvalue weighted by Crippen LogP contribution is -2.60. The highest BCUT2D eigenvalue weighted by atomic mass is 79.9. The normalized spacial score (nSPS) is 46.2. The van der Waals surface area contributed by atoms with Crippen molar-refractivity contribution < 1.29 is 24.2 Å². The Morgan fingerprint density at radius 1 is 1.21 bits per heavy atom. The molecular weight excluding hydrogens is 436 g/mol. The smallest absolute Gasteiger partial charge is 0.303 e. The molecule has 3 fully saturated rings. The average molecular weight is 467 g/mol. The van der Waals surface area contributed by atoms with Gasteiger partial charge in [0.25, 0.3) is 0 Å². The second-order valence-corrected chi connectivity index (χ2v) is 11.2. The quantitative estimate of drug-likeness (QED) is 0.505. The van der Waals surface area contributed by atoms with Crippen molar-refractivity contribution in [2.75, 3.05) is 6.61 Å². The Morgan fingerprint density at radius 3 is 2.62 bits per heavy atom. The fourth-order valence-electron chi connectivity index (χ4n) is 7.31. The van der Waals surface area contributed by atoms with Gasteiger partial charge in [-0.05, 0) is 67.8 Å². The minimum absolute atomic E-state index is 0.0580. The van der Waals surface area contributed by atoms with E-state index in [1.54, 1.807) is 0 Å². The maximum Gasteiger partial charge on any atom is 0.303 e. The Hall–Kier alpha value is -1.01. The third kappa shape index (κ3) is 2.92. The molecule has 160 valence electrons. The minimum atomic E-state index is -1.53. The number of hydrogen-bond acceptors (Lipinski definition) is 5.